The summed E-state index contributed by atoms with van der Waals surface area (Å²) in [4.78, 5) is 0. The molecule has 0 amide bonds. The van der Waals surface area contributed by atoms with Crippen LogP contribution in [0.2, 0.25) is 5.02 Å². The van der Waals surface area contributed by atoms with Crippen molar-refractivity contribution in [3.05, 3.63) is 29.0 Å². The van der Waals surface area contributed by atoms with Gasteiger partial charge in [-0.05, 0) is 50.0 Å². The van der Waals surface area contributed by atoms with E-state index in [0.717, 1.165) is 31.5 Å². The lowest BCUT2D eigenvalue weighted by atomic mass is 10.0. The lowest BCUT2D eigenvalue weighted by molar-refractivity contribution is 0.404. The van der Waals surface area contributed by atoms with Gasteiger partial charge in [-0.15, -0.1) is 0 Å². The number of benzene rings is 1. The van der Waals surface area contributed by atoms with Gasteiger partial charge in [-0.1, -0.05) is 11.6 Å². The van der Waals surface area contributed by atoms with E-state index in [4.69, 9.17) is 11.6 Å². The monoisotopic (exact) mass is 306 g/mol. The number of nitrogens with one attached hydrogen (secondary N) is 2. The van der Waals surface area contributed by atoms with E-state index in [0.29, 0.717) is 6.54 Å². The van der Waals surface area contributed by atoms with Gasteiger partial charge in [0.05, 0.1) is 11.4 Å². The maximum absolute atomic E-state index is 13.1. The van der Waals surface area contributed by atoms with Crippen LogP contribution < -0.4 is 10.0 Å². The topological polar surface area (TPSA) is 58.2 Å². The van der Waals surface area contributed by atoms with E-state index in [-0.39, 0.29) is 22.4 Å². The third kappa shape index (κ3) is 4.63. The number of hydrogen-bond donors (Lipinski definition) is 2. The molecule has 0 radical (unpaired) electrons. The minimum atomic E-state index is -3.48. The Morgan fingerprint density at radius 1 is 1.42 bits per heavy atom. The predicted molar refractivity (Wildman–Crippen MR) is 74.4 cm³/mol. The molecule has 1 aromatic carbocycles. The van der Waals surface area contributed by atoms with Crippen LogP contribution in [0.3, 0.4) is 0 Å². The maximum atomic E-state index is 13.1. The molecule has 19 heavy (non-hydrogen) atoms. The van der Waals surface area contributed by atoms with Crippen molar-refractivity contribution in [2.24, 2.45) is 5.92 Å². The van der Waals surface area contributed by atoms with Crippen LogP contribution >= 0.6 is 11.6 Å². The van der Waals surface area contributed by atoms with E-state index in [1.54, 1.807) is 0 Å². The van der Waals surface area contributed by atoms with Crippen molar-refractivity contribution in [3.63, 3.8) is 0 Å². The molecule has 0 saturated carbocycles. The molecule has 0 aliphatic carbocycles. The number of halogens is 2. The lowest BCUT2D eigenvalue weighted by Crippen LogP contribution is -2.35. The van der Waals surface area contributed by atoms with Crippen LogP contribution in [0.25, 0.3) is 0 Å². The van der Waals surface area contributed by atoms with E-state index in [1.807, 2.05) is 0 Å². The number of anilines is 1. The minimum Gasteiger partial charge on any atom is -0.316 e. The molecule has 2 rings (SSSR count). The van der Waals surface area contributed by atoms with Gasteiger partial charge in [0.25, 0.3) is 0 Å². The molecule has 1 aliphatic heterocycles. The standard InChI is InChI=1S/C12H16ClFN2O2S/c13-10-4-11(14)6-12(5-10)16-19(17,18)8-9-2-1-3-15-7-9/h4-6,9,15-16H,1-3,7-8H2. The van der Waals surface area contributed by atoms with Crippen LogP contribution in [0.1, 0.15) is 12.8 Å². The van der Waals surface area contributed by atoms with Gasteiger partial charge in [0.1, 0.15) is 5.82 Å². The van der Waals surface area contributed by atoms with Crippen LogP contribution in [-0.4, -0.2) is 27.3 Å². The Labute approximate surface area is 117 Å². The quantitative estimate of drug-likeness (QED) is 0.897. The second-order valence-corrected chi connectivity index (χ2v) is 6.96. The molecule has 2 N–H and O–H groups in total. The zero-order valence-corrected chi connectivity index (χ0v) is 11.9. The minimum absolute atomic E-state index is 0.0358. The highest BCUT2D eigenvalue weighted by Crippen LogP contribution is 2.20. The second kappa shape index (κ2) is 6.07. The fourth-order valence-corrected chi connectivity index (χ4v) is 3.90. The van der Waals surface area contributed by atoms with E-state index >= 15 is 0 Å². The van der Waals surface area contributed by atoms with Crippen LogP contribution in [-0.2, 0) is 10.0 Å². The molecule has 0 aromatic heterocycles. The van der Waals surface area contributed by atoms with E-state index in [9.17, 15) is 12.8 Å². The average molecular weight is 307 g/mol. The van der Waals surface area contributed by atoms with Crippen molar-refractivity contribution in [3.8, 4) is 0 Å². The Kier molecular flexibility index (Phi) is 4.65. The summed E-state index contributed by atoms with van der Waals surface area (Å²) >= 11 is 5.69. The summed E-state index contributed by atoms with van der Waals surface area (Å²) in [5.41, 5.74) is 0.161. The molecule has 1 aromatic rings. The number of hydrogen-bond acceptors (Lipinski definition) is 3. The molecule has 0 spiro atoms. The second-order valence-electron chi connectivity index (χ2n) is 4.75. The van der Waals surface area contributed by atoms with Crippen molar-refractivity contribution in [1.82, 2.24) is 5.32 Å². The van der Waals surface area contributed by atoms with Crippen molar-refractivity contribution in [2.45, 2.75) is 12.8 Å². The van der Waals surface area contributed by atoms with Gasteiger partial charge in [0.15, 0.2) is 0 Å². The molecule has 1 atom stereocenters. The molecular formula is C12H16ClFN2O2S. The van der Waals surface area contributed by atoms with Crippen LogP contribution in [0.15, 0.2) is 18.2 Å². The third-order valence-corrected chi connectivity index (χ3v) is 4.67. The summed E-state index contributed by atoms with van der Waals surface area (Å²) in [6, 6.07) is 3.63. The van der Waals surface area contributed by atoms with Gasteiger partial charge in [0.2, 0.25) is 10.0 Å². The van der Waals surface area contributed by atoms with Crippen molar-refractivity contribution < 1.29 is 12.8 Å². The SMILES string of the molecule is O=S(=O)(CC1CCCNC1)Nc1cc(F)cc(Cl)c1. The lowest BCUT2D eigenvalue weighted by Gasteiger charge is -2.22. The van der Waals surface area contributed by atoms with Crippen LogP contribution in [0.5, 0.6) is 0 Å². The molecule has 1 unspecified atom stereocenters. The summed E-state index contributed by atoms with van der Waals surface area (Å²) in [7, 11) is -3.48. The highest BCUT2D eigenvalue weighted by Gasteiger charge is 2.21. The smallest absolute Gasteiger partial charge is 0.233 e. The predicted octanol–water partition coefficient (Wildman–Crippen LogP) is 2.22. The average Bonchev–Trinajstić information content (AvgIpc) is 2.27. The van der Waals surface area contributed by atoms with Crippen LogP contribution in [0.4, 0.5) is 10.1 Å². The van der Waals surface area contributed by atoms with Crippen molar-refractivity contribution in [1.29, 1.82) is 0 Å². The van der Waals surface area contributed by atoms with Gasteiger partial charge in [-0.2, -0.15) is 0 Å². The molecule has 106 valence electrons. The summed E-state index contributed by atoms with van der Waals surface area (Å²) in [6.45, 7) is 1.63. The van der Waals surface area contributed by atoms with Gasteiger partial charge in [-0.25, -0.2) is 12.8 Å². The Bertz CT molecular complexity index is 524. The molecule has 7 heteroatoms. The molecule has 1 aliphatic rings. The number of sulfonamides is 1. The molecule has 4 nitrogen and oxygen atoms in total. The van der Waals surface area contributed by atoms with Gasteiger partial charge >= 0.3 is 0 Å². The fourth-order valence-electron chi connectivity index (χ4n) is 2.21. The van der Waals surface area contributed by atoms with Crippen LogP contribution in [0, 0.1) is 11.7 Å². The van der Waals surface area contributed by atoms with E-state index in [2.05, 4.69) is 10.0 Å². The zero-order valence-electron chi connectivity index (χ0n) is 10.3. The largest absolute Gasteiger partial charge is 0.316 e. The first kappa shape index (κ1) is 14.6. The van der Waals surface area contributed by atoms with Crippen molar-refractivity contribution >= 4 is 27.3 Å². The normalized spacial score (nSPS) is 20.2. The third-order valence-electron chi connectivity index (χ3n) is 2.99. The van der Waals surface area contributed by atoms with E-state index < -0.39 is 15.8 Å². The van der Waals surface area contributed by atoms with Gasteiger partial charge in [0, 0.05) is 5.02 Å². The first-order valence-electron chi connectivity index (χ1n) is 6.12. The maximum Gasteiger partial charge on any atom is 0.233 e. The molecule has 0 bridgehead atoms. The molecule has 1 fully saturated rings. The Morgan fingerprint density at radius 2 is 2.21 bits per heavy atom. The summed E-state index contributed by atoms with van der Waals surface area (Å²) in [6.07, 6.45) is 1.86. The summed E-state index contributed by atoms with van der Waals surface area (Å²) in [5, 5.41) is 3.33. The van der Waals surface area contributed by atoms with Crippen molar-refractivity contribution in [2.75, 3.05) is 23.6 Å². The first-order valence-corrected chi connectivity index (χ1v) is 8.15. The highest BCUT2D eigenvalue weighted by atomic mass is 35.5. The summed E-state index contributed by atoms with van der Waals surface area (Å²) in [5.74, 6) is -0.437. The zero-order chi connectivity index (χ0) is 13.9. The molecular weight excluding hydrogens is 291 g/mol. The number of piperidine rings is 1. The first-order chi connectivity index (χ1) is 8.94. The van der Waals surface area contributed by atoms with Gasteiger partial charge < -0.3 is 5.32 Å². The van der Waals surface area contributed by atoms with Gasteiger partial charge in [-0.3, -0.25) is 4.72 Å². The van der Waals surface area contributed by atoms with E-state index in [1.165, 1.54) is 6.07 Å². The molecule has 1 heterocycles. The number of rotatable bonds is 4. The fraction of sp³-hybridized carbons (Fsp3) is 0.500. The highest BCUT2D eigenvalue weighted by molar-refractivity contribution is 7.92. The Balaban J connectivity index is 2.03. The molecule has 1 saturated heterocycles. The Hall–Kier alpha value is -0.850. The Morgan fingerprint density at radius 3 is 2.84 bits per heavy atom. The summed E-state index contributed by atoms with van der Waals surface area (Å²) < 4.78 is 39.5.